The number of thiophene rings is 1. The fraction of sp³-hybridized carbons (Fsp3) is 0.350. The number of carbonyl (C=O) groups excluding carboxylic acids is 1. The van der Waals surface area contributed by atoms with E-state index in [1.54, 1.807) is 37.6 Å². The number of amides is 1. The summed E-state index contributed by atoms with van der Waals surface area (Å²) in [5.41, 5.74) is 0.622. The van der Waals surface area contributed by atoms with Crippen molar-refractivity contribution in [2.24, 2.45) is 0 Å². The average molecular weight is 416 g/mol. The number of halogens is 1. The molecule has 1 aromatic carbocycles. The number of piperazine rings is 1. The molecule has 0 unspecified atom stereocenters. The third kappa shape index (κ3) is 3.75. The van der Waals surface area contributed by atoms with Crippen LogP contribution in [0.3, 0.4) is 0 Å². The lowest BCUT2D eigenvalue weighted by Gasteiger charge is -2.35. The third-order valence-corrected chi connectivity index (χ3v) is 6.13. The molecule has 152 valence electrons. The SMILES string of the molecule is COCc1c(C(=O)N2CCN(c3cncc(OC)n3)CC2)sc2cccc(F)c12. The molecule has 1 aliphatic rings. The first-order valence-electron chi connectivity index (χ1n) is 9.21. The molecule has 0 N–H and O–H groups in total. The molecule has 0 saturated carbocycles. The van der Waals surface area contributed by atoms with Crippen molar-refractivity contribution in [3.8, 4) is 5.88 Å². The highest BCUT2D eigenvalue weighted by atomic mass is 32.1. The van der Waals surface area contributed by atoms with Gasteiger partial charge in [-0.05, 0) is 12.1 Å². The number of hydrogen-bond acceptors (Lipinski definition) is 7. The number of nitrogens with zero attached hydrogens (tertiary/aromatic N) is 4. The lowest BCUT2D eigenvalue weighted by atomic mass is 10.1. The van der Waals surface area contributed by atoms with Gasteiger partial charge in [-0.1, -0.05) is 6.07 Å². The highest BCUT2D eigenvalue weighted by Crippen LogP contribution is 2.34. The maximum atomic E-state index is 14.4. The molecule has 1 aliphatic heterocycles. The average Bonchev–Trinajstić information content (AvgIpc) is 3.13. The Bertz CT molecular complexity index is 1030. The number of benzene rings is 1. The van der Waals surface area contributed by atoms with Crippen LogP contribution < -0.4 is 9.64 Å². The van der Waals surface area contributed by atoms with Gasteiger partial charge in [0.15, 0.2) is 5.82 Å². The van der Waals surface area contributed by atoms with Crippen LogP contribution in [0.4, 0.5) is 10.2 Å². The third-order valence-electron chi connectivity index (χ3n) is 4.95. The predicted octanol–water partition coefficient (Wildman–Crippen LogP) is 2.95. The first-order chi connectivity index (χ1) is 14.1. The molecule has 0 spiro atoms. The van der Waals surface area contributed by atoms with Gasteiger partial charge in [-0.3, -0.25) is 9.78 Å². The lowest BCUT2D eigenvalue weighted by molar-refractivity contribution is 0.0747. The monoisotopic (exact) mass is 416 g/mol. The molecule has 29 heavy (non-hydrogen) atoms. The van der Waals surface area contributed by atoms with E-state index >= 15 is 0 Å². The highest BCUT2D eigenvalue weighted by molar-refractivity contribution is 7.21. The molecule has 9 heteroatoms. The van der Waals surface area contributed by atoms with Crippen molar-refractivity contribution in [1.29, 1.82) is 0 Å². The number of fused-ring (bicyclic) bond motifs is 1. The number of hydrogen-bond donors (Lipinski definition) is 0. The van der Waals surface area contributed by atoms with Crippen LogP contribution in [0.2, 0.25) is 0 Å². The van der Waals surface area contributed by atoms with Crippen molar-refractivity contribution in [3.63, 3.8) is 0 Å². The molecule has 3 aromatic rings. The van der Waals surface area contributed by atoms with Crippen LogP contribution in [-0.4, -0.2) is 61.2 Å². The van der Waals surface area contributed by atoms with E-state index in [1.807, 2.05) is 6.07 Å². The maximum Gasteiger partial charge on any atom is 0.264 e. The van der Waals surface area contributed by atoms with E-state index < -0.39 is 0 Å². The van der Waals surface area contributed by atoms with Crippen molar-refractivity contribution in [3.05, 3.63) is 46.9 Å². The quantitative estimate of drug-likeness (QED) is 0.637. The number of methoxy groups -OCH3 is 2. The highest BCUT2D eigenvalue weighted by Gasteiger charge is 2.28. The van der Waals surface area contributed by atoms with Crippen LogP contribution in [-0.2, 0) is 11.3 Å². The number of ether oxygens (including phenoxy) is 2. The normalized spacial score (nSPS) is 14.4. The summed E-state index contributed by atoms with van der Waals surface area (Å²) in [5.74, 6) is 0.762. The zero-order valence-electron chi connectivity index (χ0n) is 16.2. The van der Waals surface area contributed by atoms with Crippen molar-refractivity contribution in [2.75, 3.05) is 45.3 Å². The van der Waals surface area contributed by atoms with Crippen LogP contribution in [0, 0.1) is 5.82 Å². The Balaban J connectivity index is 1.54. The van der Waals surface area contributed by atoms with Crippen LogP contribution in [0.15, 0.2) is 30.6 Å². The second kappa shape index (κ2) is 8.30. The molecule has 3 heterocycles. The fourth-order valence-electron chi connectivity index (χ4n) is 3.49. The van der Waals surface area contributed by atoms with Crippen molar-refractivity contribution >= 4 is 33.1 Å². The molecule has 0 radical (unpaired) electrons. The molecule has 7 nitrogen and oxygen atoms in total. The van der Waals surface area contributed by atoms with Crippen LogP contribution in [0.25, 0.3) is 10.1 Å². The molecule has 1 saturated heterocycles. The van der Waals surface area contributed by atoms with E-state index in [0.29, 0.717) is 47.9 Å². The minimum absolute atomic E-state index is 0.0889. The van der Waals surface area contributed by atoms with Crippen molar-refractivity contribution < 1.29 is 18.7 Å². The summed E-state index contributed by atoms with van der Waals surface area (Å²) in [6, 6.07) is 4.90. The van der Waals surface area contributed by atoms with Crippen molar-refractivity contribution in [2.45, 2.75) is 6.61 Å². The van der Waals surface area contributed by atoms with E-state index in [-0.39, 0.29) is 18.3 Å². The van der Waals surface area contributed by atoms with Gasteiger partial charge in [0.1, 0.15) is 5.82 Å². The van der Waals surface area contributed by atoms with Gasteiger partial charge < -0.3 is 19.3 Å². The van der Waals surface area contributed by atoms with Gasteiger partial charge in [-0.2, -0.15) is 4.98 Å². The second-order valence-electron chi connectivity index (χ2n) is 6.65. The number of anilines is 1. The topological polar surface area (TPSA) is 67.8 Å². The molecule has 2 aromatic heterocycles. The smallest absolute Gasteiger partial charge is 0.264 e. The van der Waals surface area contributed by atoms with E-state index in [4.69, 9.17) is 9.47 Å². The molecular formula is C20H21FN4O3S. The standard InChI is InChI=1S/C20H21FN4O3S/c1-27-12-13-18-14(21)4-3-5-15(18)29-19(13)20(26)25-8-6-24(7-9-25)16-10-22-11-17(23-16)28-2/h3-5,10-11H,6-9,12H2,1-2H3. The fourth-order valence-corrected chi connectivity index (χ4v) is 4.68. The minimum Gasteiger partial charge on any atom is -0.480 e. The summed E-state index contributed by atoms with van der Waals surface area (Å²) in [6.07, 6.45) is 3.24. The molecule has 1 amide bonds. The minimum atomic E-state index is -0.328. The number of rotatable bonds is 5. The van der Waals surface area contributed by atoms with E-state index in [1.165, 1.54) is 17.4 Å². The Morgan fingerprint density at radius 1 is 1.21 bits per heavy atom. The van der Waals surface area contributed by atoms with Crippen LogP contribution >= 0.6 is 11.3 Å². The van der Waals surface area contributed by atoms with Crippen LogP contribution in [0.5, 0.6) is 5.88 Å². The lowest BCUT2D eigenvalue weighted by Crippen LogP contribution is -2.49. The molecule has 0 bridgehead atoms. The van der Waals surface area contributed by atoms with Crippen LogP contribution in [0.1, 0.15) is 15.2 Å². The van der Waals surface area contributed by atoms with Gasteiger partial charge in [0.05, 0.1) is 31.0 Å². The Kier molecular flexibility index (Phi) is 5.59. The van der Waals surface area contributed by atoms with Gasteiger partial charge in [-0.15, -0.1) is 11.3 Å². The van der Waals surface area contributed by atoms with Crippen molar-refractivity contribution in [1.82, 2.24) is 14.9 Å². The van der Waals surface area contributed by atoms with Gasteiger partial charge in [0.25, 0.3) is 5.91 Å². The zero-order chi connectivity index (χ0) is 20.4. The largest absolute Gasteiger partial charge is 0.480 e. The Morgan fingerprint density at radius 2 is 2.00 bits per heavy atom. The maximum absolute atomic E-state index is 14.4. The van der Waals surface area contributed by atoms with Gasteiger partial charge in [0.2, 0.25) is 5.88 Å². The number of carbonyl (C=O) groups is 1. The van der Waals surface area contributed by atoms with Gasteiger partial charge >= 0.3 is 0 Å². The predicted molar refractivity (Wildman–Crippen MR) is 109 cm³/mol. The molecule has 0 atom stereocenters. The Hall–Kier alpha value is -2.78. The summed E-state index contributed by atoms with van der Waals surface area (Å²) in [4.78, 5) is 26.2. The zero-order valence-corrected chi connectivity index (χ0v) is 17.0. The van der Waals surface area contributed by atoms with E-state index in [2.05, 4.69) is 14.9 Å². The van der Waals surface area contributed by atoms with E-state index in [0.717, 1.165) is 10.5 Å². The first-order valence-corrected chi connectivity index (χ1v) is 10.0. The summed E-state index contributed by atoms with van der Waals surface area (Å²) in [5, 5.41) is 0.480. The van der Waals surface area contributed by atoms with E-state index in [9.17, 15) is 9.18 Å². The van der Waals surface area contributed by atoms with Gasteiger partial charge in [-0.25, -0.2) is 4.39 Å². The Labute approximate surface area is 171 Å². The molecule has 0 aliphatic carbocycles. The first kappa shape index (κ1) is 19.5. The molecule has 1 fully saturated rings. The number of aromatic nitrogens is 2. The molecule has 4 rings (SSSR count). The van der Waals surface area contributed by atoms with Gasteiger partial charge in [0, 0.05) is 48.9 Å². The second-order valence-corrected chi connectivity index (χ2v) is 7.71. The molecular weight excluding hydrogens is 395 g/mol. The summed E-state index contributed by atoms with van der Waals surface area (Å²) >= 11 is 1.32. The summed E-state index contributed by atoms with van der Waals surface area (Å²) in [6.45, 7) is 2.54. The summed E-state index contributed by atoms with van der Waals surface area (Å²) in [7, 11) is 3.10. The Morgan fingerprint density at radius 3 is 2.72 bits per heavy atom. The summed E-state index contributed by atoms with van der Waals surface area (Å²) < 4.78 is 25.5.